The third-order valence-corrected chi connectivity index (χ3v) is 4.22. The van der Waals surface area contributed by atoms with Gasteiger partial charge in [-0.05, 0) is 36.4 Å². The second kappa shape index (κ2) is 9.29. The standard InChI is InChI=1S/C18H14O8S2/c19-15(20)11-3-1-9(7-13(11)27)17(23)25-5-6-26-18(24)10-2-4-12(16(21)22)14(28)8-10/h1-4,7-8,27-28H,5-6H2,(H,19,20)(H,21,22). The van der Waals surface area contributed by atoms with E-state index in [9.17, 15) is 19.2 Å². The number of thiol groups is 2. The van der Waals surface area contributed by atoms with Crippen LogP contribution >= 0.6 is 25.3 Å². The van der Waals surface area contributed by atoms with E-state index in [0.29, 0.717) is 0 Å². The van der Waals surface area contributed by atoms with E-state index >= 15 is 0 Å². The lowest BCUT2D eigenvalue weighted by molar-refractivity contribution is 0.0265. The number of aromatic carboxylic acids is 2. The van der Waals surface area contributed by atoms with Crippen molar-refractivity contribution in [2.24, 2.45) is 0 Å². The zero-order valence-electron chi connectivity index (χ0n) is 14.1. The molecule has 146 valence electrons. The molecule has 0 aliphatic rings. The van der Waals surface area contributed by atoms with Gasteiger partial charge < -0.3 is 19.7 Å². The van der Waals surface area contributed by atoms with Crippen molar-refractivity contribution in [3.05, 3.63) is 58.7 Å². The Kier molecular flexibility index (Phi) is 7.07. The molecular weight excluding hydrogens is 408 g/mol. The van der Waals surface area contributed by atoms with Gasteiger partial charge in [0.2, 0.25) is 0 Å². The van der Waals surface area contributed by atoms with Crippen molar-refractivity contribution in [3.8, 4) is 0 Å². The van der Waals surface area contributed by atoms with Crippen molar-refractivity contribution in [2.45, 2.75) is 9.79 Å². The predicted octanol–water partition coefficient (Wildman–Crippen LogP) is 2.67. The third-order valence-electron chi connectivity index (χ3n) is 3.48. The monoisotopic (exact) mass is 422 g/mol. The van der Waals surface area contributed by atoms with Crippen LogP contribution < -0.4 is 0 Å². The number of hydrogen-bond acceptors (Lipinski definition) is 8. The quantitative estimate of drug-likeness (QED) is 0.305. The first-order chi connectivity index (χ1) is 13.2. The fourth-order valence-electron chi connectivity index (χ4n) is 2.11. The number of carbonyl (C=O) groups excluding carboxylic acids is 2. The summed E-state index contributed by atoms with van der Waals surface area (Å²) in [7, 11) is 0. The Labute approximate surface area is 169 Å². The van der Waals surface area contributed by atoms with Crippen molar-refractivity contribution < 1.29 is 38.9 Å². The van der Waals surface area contributed by atoms with Gasteiger partial charge in [-0.3, -0.25) is 0 Å². The van der Waals surface area contributed by atoms with Gasteiger partial charge in [0.15, 0.2) is 0 Å². The maximum absolute atomic E-state index is 11.9. The van der Waals surface area contributed by atoms with Crippen LogP contribution in [0.3, 0.4) is 0 Å². The van der Waals surface area contributed by atoms with Gasteiger partial charge in [0.1, 0.15) is 13.2 Å². The van der Waals surface area contributed by atoms with Gasteiger partial charge in [0, 0.05) is 9.79 Å². The van der Waals surface area contributed by atoms with E-state index in [2.05, 4.69) is 25.3 Å². The fraction of sp³-hybridized carbons (Fsp3) is 0.111. The van der Waals surface area contributed by atoms with E-state index in [0.717, 1.165) is 0 Å². The average molecular weight is 422 g/mol. The van der Waals surface area contributed by atoms with Crippen molar-refractivity contribution in [1.82, 2.24) is 0 Å². The Morgan fingerprint density at radius 1 is 0.714 bits per heavy atom. The summed E-state index contributed by atoms with van der Waals surface area (Å²) >= 11 is 8.01. The highest BCUT2D eigenvalue weighted by molar-refractivity contribution is 7.80. The molecule has 0 bridgehead atoms. The van der Waals surface area contributed by atoms with Crippen LogP contribution in [0.2, 0.25) is 0 Å². The number of esters is 2. The van der Waals surface area contributed by atoms with E-state index in [4.69, 9.17) is 19.7 Å². The summed E-state index contributed by atoms with van der Waals surface area (Å²) in [5, 5.41) is 17.9. The summed E-state index contributed by atoms with van der Waals surface area (Å²) in [6, 6.07) is 7.57. The molecule has 0 saturated heterocycles. The van der Waals surface area contributed by atoms with E-state index in [1.807, 2.05) is 0 Å². The molecule has 0 amide bonds. The molecule has 10 heteroatoms. The van der Waals surface area contributed by atoms with E-state index < -0.39 is 23.9 Å². The first-order valence-corrected chi connectivity index (χ1v) is 8.57. The molecule has 0 atom stereocenters. The minimum atomic E-state index is -1.17. The summed E-state index contributed by atoms with van der Waals surface area (Å²) in [6.45, 7) is -0.456. The molecule has 0 aromatic heterocycles. The molecule has 0 fully saturated rings. The van der Waals surface area contributed by atoms with Crippen LogP contribution in [0.1, 0.15) is 41.4 Å². The SMILES string of the molecule is O=C(OCCOC(=O)c1ccc(C(=O)O)c(S)c1)c1ccc(C(=O)O)c(S)c1. The molecule has 0 aliphatic heterocycles. The van der Waals surface area contributed by atoms with Gasteiger partial charge in [0.05, 0.1) is 22.3 Å². The molecule has 0 heterocycles. The molecule has 2 aromatic rings. The lowest BCUT2D eigenvalue weighted by Gasteiger charge is -2.08. The van der Waals surface area contributed by atoms with Gasteiger partial charge >= 0.3 is 23.9 Å². The van der Waals surface area contributed by atoms with E-state index in [1.54, 1.807) is 0 Å². The molecule has 0 unspecified atom stereocenters. The van der Waals surface area contributed by atoms with Crippen LogP contribution in [0.25, 0.3) is 0 Å². The average Bonchev–Trinajstić information content (AvgIpc) is 2.63. The number of carbonyl (C=O) groups is 4. The predicted molar refractivity (Wildman–Crippen MR) is 102 cm³/mol. The Balaban J connectivity index is 1.87. The van der Waals surface area contributed by atoms with Crippen molar-refractivity contribution in [2.75, 3.05) is 13.2 Å². The smallest absolute Gasteiger partial charge is 0.338 e. The minimum absolute atomic E-state index is 0.0497. The largest absolute Gasteiger partial charge is 0.478 e. The van der Waals surface area contributed by atoms with Gasteiger partial charge in [-0.1, -0.05) is 0 Å². The maximum Gasteiger partial charge on any atom is 0.338 e. The topological polar surface area (TPSA) is 127 Å². The van der Waals surface area contributed by atoms with E-state index in [1.165, 1.54) is 36.4 Å². The van der Waals surface area contributed by atoms with Crippen molar-refractivity contribution >= 4 is 49.1 Å². The van der Waals surface area contributed by atoms with Gasteiger partial charge in [0.25, 0.3) is 0 Å². The highest BCUT2D eigenvalue weighted by Crippen LogP contribution is 2.18. The number of ether oxygens (including phenoxy) is 2. The highest BCUT2D eigenvalue weighted by atomic mass is 32.1. The molecule has 0 aliphatic carbocycles. The normalized spacial score (nSPS) is 10.2. The molecule has 0 saturated carbocycles. The number of carboxylic acids is 2. The molecule has 2 rings (SSSR count). The molecular formula is C18H14O8S2. The van der Waals surface area contributed by atoms with Gasteiger partial charge in [-0.2, -0.15) is 0 Å². The molecule has 0 radical (unpaired) electrons. The van der Waals surface area contributed by atoms with Crippen LogP contribution in [0, 0.1) is 0 Å². The van der Waals surface area contributed by atoms with E-state index in [-0.39, 0.29) is 45.3 Å². The summed E-state index contributed by atoms with van der Waals surface area (Å²) in [5.74, 6) is -3.80. The Morgan fingerprint density at radius 3 is 1.36 bits per heavy atom. The number of hydrogen-bond donors (Lipinski definition) is 4. The van der Waals surface area contributed by atoms with Crippen LogP contribution in [0.15, 0.2) is 46.2 Å². The lowest BCUT2D eigenvalue weighted by atomic mass is 10.1. The molecule has 2 N–H and O–H groups in total. The van der Waals surface area contributed by atoms with Crippen LogP contribution in [-0.2, 0) is 9.47 Å². The van der Waals surface area contributed by atoms with Crippen LogP contribution in [-0.4, -0.2) is 47.3 Å². The highest BCUT2D eigenvalue weighted by Gasteiger charge is 2.15. The summed E-state index contributed by atoms with van der Waals surface area (Å²) in [6.07, 6.45) is 0. The molecule has 0 spiro atoms. The second-order valence-electron chi connectivity index (χ2n) is 5.35. The van der Waals surface area contributed by atoms with Gasteiger partial charge in [-0.15, -0.1) is 25.3 Å². The summed E-state index contributed by atoms with van der Waals surface area (Å²) < 4.78 is 9.91. The zero-order valence-corrected chi connectivity index (χ0v) is 15.9. The third kappa shape index (κ3) is 5.27. The maximum atomic E-state index is 11.9. The Bertz CT molecular complexity index is 877. The van der Waals surface area contributed by atoms with Gasteiger partial charge in [-0.25, -0.2) is 19.2 Å². The fourth-order valence-corrected chi connectivity index (χ4v) is 2.73. The van der Waals surface area contributed by atoms with Crippen LogP contribution in [0.5, 0.6) is 0 Å². The molecule has 28 heavy (non-hydrogen) atoms. The van der Waals surface area contributed by atoms with Crippen molar-refractivity contribution in [3.63, 3.8) is 0 Å². The zero-order chi connectivity index (χ0) is 20.8. The Morgan fingerprint density at radius 2 is 1.07 bits per heavy atom. The second-order valence-corrected chi connectivity index (χ2v) is 6.31. The molecule has 2 aromatic carbocycles. The first kappa shape index (κ1) is 21.3. The molecule has 8 nitrogen and oxygen atoms in total. The number of rotatable bonds is 7. The first-order valence-electron chi connectivity index (χ1n) is 7.67. The number of carboxylic acid groups (broad SMARTS) is 2. The lowest BCUT2D eigenvalue weighted by Crippen LogP contribution is -2.14. The summed E-state index contributed by atoms with van der Waals surface area (Å²) in [5.41, 5.74) is 0.105. The van der Waals surface area contributed by atoms with Crippen molar-refractivity contribution in [1.29, 1.82) is 0 Å². The summed E-state index contributed by atoms with van der Waals surface area (Å²) in [4.78, 5) is 45.9. The Hall–Kier alpha value is -2.98. The van der Waals surface area contributed by atoms with Crippen LogP contribution in [0.4, 0.5) is 0 Å². The number of benzene rings is 2. The minimum Gasteiger partial charge on any atom is -0.478 e.